The SMILES string of the molecule is CCCCN(CCCCN)C(=O)CN1C[C@H](c2ccc3c(c2)OCO3)[C@@H](C(=O)O)[C@@H]1CCN1C(=O)Cc2ccccc21. The van der Waals surface area contributed by atoms with Crippen molar-refractivity contribution in [2.75, 3.05) is 51.0 Å². The molecule has 0 radical (unpaired) electrons. The number of nitrogens with two attached hydrogens (primary N) is 1. The Hall–Kier alpha value is -3.63. The highest BCUT2D eigenvalue weighted by Gasteiger charge is 2.47. The second kappa shape index (κ2) is 13.6. The number of nitrogens with zero attached hydrogens (tertiary/aromatic N) is 3. The average Bonchev–Trinajstić information content (AvgIpc) is 3.68. The molecule has 1 fully saturated rings. The molecule has 2 amide bonds. The summed E-state index contributed by atoms with van der Waals surface area (Å²) in [5.74, 6) is -0.748. The summed E-state index contributed by atoms with van der Waals surface area (Å²) in [6, 6.07) is 12.9. The quantitative estimate of drug-likeness (QED) is 0.328. The minimum Gasteiger partial charge on any atom is -0.481 e. The van der Waals surface area contributed by atoms with Crippen molar-refractivity contribution in [3.05, 3.63) is 53.6 Å². The summed E-state index contributed by atoms with van der Waals surface area (Å²) < 4.78 is 11.1. The third-order valence-corrected chi connectivity index (χ3v) is 8.79. The fraction of sp³-hybridized carbons (Fsp3) is 0.531. The number of rotatable bonds is 14. The molecule has 10 nitrogen and oxygen atoms in total. The first kappa shape index (κ1) is 29.8. The number of para-hydroxylation sites is 1. The largest absolute Gasteiger partial charge is 0.481 e. The molecule has 0 aromatic heterocycles. The number of aliphatic carboxylic acids is 1. The lowest BCUT2D eigenvalue weighted by Crippen LogP contribution is -2.46. The van der Waals surface area contributed by atoms with Gasteiger partial charge in [-0.05, 0) is 61.6 Å². The van der Waals surface area contributed by atoms with E-state index in [4.69, 9.17) is 15.2 Å². The highest BCUT2D eigenvalue weighted by Crippen LogP contribution is 2.43. The van der Waals surface area contributed by atoms with Crippen LogP contribution in [0.1, 0.15) is 56.1 Å². The molecule has 3 aliphatic rings. The van der Waals surface area contributed by atoms with Gasteiger partial charge < -0.3 is 30.1 Å². The molecule has 0 spiro atoms. The van der Waals surface area contributed by atoms with Crippen molar-refractivity contribution in [3.8, 4) is 11.5 Å². The molecule has 0 bridgehead atoms. The Bertz CT molecular complexity index is 1290. The molecule has 42 heavy (non-hydrogen) atoms. The van der Waals surface area contributed by atoms with E-state index < -0.39 is 17.9 Å². The molecule has 2 aromatic rings. The number of unbranched alkanes of at least 4 members (excludes halogenated alkanes) is 2. The Labute approximate surface area is 247 Å². The number of anilines is 1. The third-order valence-electron chi connectivity index (χ3n) is 8.79. The van der Waals surface area contributed by atoms with Crippen LogP contribution in [-0.4, -0.2) is 84.8 Å². The second-order valence-corrected chi connectivity index (χ2v) is 11.4. The average molecular weight is 579 g/mol. The Morgan fingerprint density at radius 1 is 1.07 bits per heavy atom. The molecule has 0 saturated carbocycles. The number of carbonyl (C=O) groups is 3. The Morgan fingerprint density at radius 2 is 1.86 bits per heavy atom. The minimum atomic E-state index is -0.906. The van der Waals surface area contributed by atoms with Gasteiger partial charge in [0.2, 0.25) is 18.6 Å². The minimum absolute atomic E-state index is 0.00328. The fourth-order valence-corrected chi connectivity index (χ4v) is 6.59. The van der Waals surface area contributed by atoms with Gasteiger partial charge in [0, 0.05) is 43.8 Å². The summed E-state index contributed by atoms with van der Waals surface area (Å²) >= 11 is 0. The van der Waals surface area contributed by atoms with Gasteiger partial charge in [0.25, 0.3) is 0 Å². The summed E-state index contributed by atoms with van der Waals surface area (Å²) in [4.78, 5) is 45.2. The molecule has 10 heteroatoms. The van der Waals surface area contributed by atoms with Crippen LogP contribution in [0.3, 0.4) is 0 Å². The molecule has 226 valence electrons. The maximum absolute atomic E-state index is 13.7. The number of carboxylic acid groups (broad SMARTS) is 1. The molecule has 3 N–H and O–H groups in total. The lowest BCUT2D eigenvalue weighted by Gasteiger charge is -2.31. The summed E-state index contributed by atoms with van der Waals surface area (Å²) in [6.07, 6.45) is 4.36. The van der Waals surface area contributed by atoms with Crippen molar-refractivity contribution in [2.24, 2.45) is 11.7 Å². The summed E-state index contributed by atoms with van der Waals surface area (Å²) in [5, 5.41) is 10.6. The summed E-state index contributed by atoms with van der Waals surface area (Å²) in [6.45, 7) is 5.07. The number of fused-ring (bicyclic) bond motifs is 2. The van der Waals surface area contributed by atoms with E-state index in [9.17, 15) is 19.5 Å². The Morgan fingerprint density at radius 3 is 2.64 bits per heavy atom. The van der Waals surface area contributed by atoms with Crippen LogP contribution in [0.25, 0.3) is 0 Å². The number of hydrogen-bond acceptors (Lipinski definition) is 7. The second-order valence-electron chi connectivity index (χ2n) is 11.4. The van der Waals surface area contributed by atoms with E-state index in [1.807, 2.05) is 52.3 Å². The molecule has 0 aliphatic carbocycles. The molecule has 3 atom stereocenters. The van der Waals surface area contributed by atoms with E-state index in [0.29, 0.717) is 57.1 Å². The first-order valence-corrected chi connectivity index (χ1v) is 15.1. The zero-order valence-electron chi connectivity index (χ0n) is 24.4. The highest BCUT2D eigenvalue weighted by molar-refractivity contribution is 6.01. The van der Waals surface area contributed by atoms with Crippen LogP contribution in [0, 0.1) is 5.92 Å². The van der Waals surface area contributed by atoms with Crippen molar-refractivity contribution in [1.29, 1.82) is 0 Å². The lowest BCUT2D eigenvalue weighted by atomic mass is 9.84. The smallest absolute Gasteiger partial charge is 0.308 e. The molecule has 3 heterocycles. The first-order chi connectivity index (χ1) is 20.4. The predicted molar refractivity (Wildman–Crippen MR) is 159 cm³/mol. The normalized spacial score (nSPS) is 21.1. The van der Waals surface area contributed by atoms with Gasteiger partial charge in [-0.3, -0.25) is 19.3 Å². The highest BCUT2D eigenvalue weighted by atomic mass is 16.7. The van der Waals surface area contributed by atoms with Gasteiger partial charge >= 0.3 is 5.97 Å². The number of carbonyl (C=O) groups excluding carboxylic acids is 2. The van der Waals surface area contributed by atoms with Gasteiger partial charge in [-0.1, -0.05) is 37.6 Å². The fourth-order valence-electron chi connectivity index (χ4n) is 6.59. The van der Waals surface area contributed by atoms with Gasteiger partial charge in [0.1, 0.15) is 0 Å². The maximum Gasteiger partial charge on any atom is 0.308 e. The number of benzene rings is 2. The van der Waals surface area contributed by atoms with Crippen LogP contribution >= 0.6 is 0 Å². The van der Waals surface area contributed by atoms with Crippen LogP contribution in [0.4, 0.5) is 5.69 Å². The zero-order valence-corrected chi connectivity index (χ0v) is 24.4. The summed E-state index contributed by atoms with van der Waals surface area (Å²) in [5.41, 5.74) is 8.42. The zero-order chi connectivity index (χ0) is 29.6. The number of ether oxygens (including phenoxy) is 2. The van der Waals surface area contributed by atoms with Crippen LogP contribution < -0.4 is 20.1 Å². The number of carboxylic acids is 1. The number of hydrogen-bond donors (Lipinski definition) is 2. The monoisotopic (exact) mass is 578 g/mol. The van der Waals surface area contributed by atoms with Crippen LogP contribution in [0.2, 0.25) is 0 Å². The maximum atomic E-state index is 13.7. The van der Waals surface area contributed by atoms with Crippen molar-refractivity contribution in [2.45, 2.75) is 57.4 Å². The number of amides is 2. The molecule has 5 rings (SSSR count). The van der Waals surface area contributed by atoms with Gasteiger partial charge in [-0.15, -0.1) is 0 Å². The number of likely N-dealkylation sites (tertiary alicyclic amines) is 1. The van der Waals surface area contributed by atoms with E-state index in [-0.39, 0.29) is 31.1 Å². The van der Waals surface area contributed by atoms with E-state index in [2.05, 4.69) is 6.92 Å². The molecule has 1 saturated heterocycles. The van der Waals surface area contributed by atoms with Crippen molar-refractivity contribution >= 4 is 23.5 Å². The first-order valence-electron chi connectivity index (χ1n) is 15.1. The van der Waals surface area contributed by atoms with Crippen LogP contribution in [-0.2, 0) is 20.8 Å². The summed E-state index contributed by atoms with van der Waals surface area (Å²) in [7, 11) is 0. The van der Waals surface area contributed by atoms with Crippen LogP contribution in [0.15, 0.2) is 42.5 Å². The predicted octanol–water partition coefficient (Wildman–Crippen LogP) is 3.23. The van der Waals surface area contributed by atoms with Crippen molar-refractivity contribution < 1.29 is 29.0 Å². The van der Waals surface area contributed by atoms with Crippen LogP contribution in [0.5, 0.6) is 11.5 Å². The van der Waals surface area contributed by atoms with E-state index >= 15 is 0 Å². The van der Waals surface area contributed by atoms with Crippen molar-refractivity contribution in [3.63, 3.8) is 0 Å². The molecular weight excluding hydrogens is 536 g/mol. The van der Waals surface area contributed by atoms with Crippen molar-refractivity contribution in [1.82, 2.24) is 9.80 Å². The Balaban J connectivity index is 1.40. The molecule has 2 aromatic carbocycles. The standard InChI is InChI=1S/C32H42N4O6/c1-2-3-14-34(15-7-6-13-33)30(38)20-35-19-24(22-10-11-27-28(17-22)42-21-41-27)31(32(39)40)26(35)12-16-36-25-9-5-4-8-23(25)18-29(36)37/h4-5,8-11,17,24,26,31H,2-3,6-7,12-16,18-21,33H2,1H3,(H,39,40)/t24-,26+,31-/m1/s1. The third kappa shape index (κ3) is 6.39. The molecule has 0 unspecified atom stereocenters. The van der Waals surface area contributed by atoms with E-state index in [1.165, 1.54) is 0 Å². The topological polar surface area (TPSA) is 126 Å². The van der Waals surface area contributed by atoms with Gasteiger partial charge in [0.05, 0.1) is 18.9 Å². The van der Waals surface area contributed by atoms with Gasteiger partial charge in [-0.2, -0.15) is 0 Å². The Kier molecular flexibility index (Phi) is 9.64. The van der Waals surface area contributed by atoms with E-state index in [0.717, 1.165) is 42.5 Å². The molecule has 3 aliphatic heterocycles. The van der Waals surface area contributed by atoms with Gasteiger partial charge in [-0.25, -0.2) is 0 Å². The lowest BCUT2D eigenvalue weighted by molar-refractivity contribution is -0.143. The molecular formula is C32H42N4O6. The van der Waals surface area contributed by atoms with Gasteiger partial charge in [0.15, 0.2) is 11.5 Å². The van der Waals surface area contributed by atoms with E-state index in [1.54, 1.807) is 4.90 Å².